The van der Waals surface area contributed by atoms with E-state index in [1.54, 1.807) is 7.11 Å². The number of ether oxygens (including phenoxy) is 1. The molecular weight excluding hydrogens is 354 g/mol. The molecule has 2 atom stereocenters. The molecule has 1 aliphatic rings. The molecule has 140 valence electrons. The van der Waals surface area contributed by atoms with Crippen LogP contribution in [0.4, 0.5) is 14.5 Å². The van der Waals surface area contributed by atoms with Gasteiger partial charge in [0.15, 0.2) is 5.65 Å². The largest absolute Gasteiger partial charge is 0.379 e. The van der Waals surface area contributed by atoms with Gasteiger partial charge in [0.1, 0.15) is 11.4 Å². The monoisotopic (exact) mass is 372 g/mol. The van der Waals surface area contributed by atoms with E-state index in [4.69, 9.17) is 4.74 Å². The lowest BCUT2D eigenvalue weighted by molar-refractivity contribution is 0.0696. The van der Waals surface area contributed by atoms with Gasteiger partial charge >= 0.3 is 0 Å². The van der Waals surface area contributed by atoms with Crippen molar-refractivity contribution in [3.63, 3.8) is 0 Å². The fourth-order valence-electron chi connectivity index (χ4n) is 3.67. The lowest BCUT2D eigenvalue weighted by atomic mass is 9.93. The molecule has 0 radical (unpaired) electrons. The number of imidazole rings is 1. The van der Waals surface area contributed by atoms with Crippen LogP contribution in [0.5, 0.6) is 0 Å². The molecule has 27 heavy (non-hydrogen) atoms. The quantitative estimate of drug-likeness (QED) is 0.708. The van der Waals surface area contributed by atoms with Gasteiger partial charge in [0, 0.05) is 31.6 Å². The highest BCUT2D eigenvalue weighted by Gasteiger charge is 2.38. The van der Waals surface area contributed by atoms with Gasteiger partial charge in [0.2, 0.25) is 0 Å². The van der Waals surface area contributed by atoms with Gasteiger partial charge < -0.3 is 9.64 Å². The van der Waals surface area contributed by atoms with Crippen molar-refractivity contribution in [1.29, 1.82) is 0 Å². The number of rotatable bonds is 3. The van der Waals surface area contributed by atoms with Crippen molar-refractivity contribution in [2.24, 2.45) is 0 Å². The zero-order valence-electron chi connectivity index (χ0n) is 14.8. The van der Waals surface area contributed by atoms with Crippen LogP contribution in [0.3, 0.4) is 0 Å². The molecular formula is C19H18F2N4O2. The number of carbonyl (C=O) groups excluding carboxylic acids is 1. The Balaban J connectivity index is 1.90. The van der Waals surface area contributed by atoms with E-state index in [9.17, 15) is 13.6 Å². The number of hydrogen-bond donors (Lipinski definition) is 0. The molecule has 0 N–H and O–H groups in total. The van der Waals surface area contributed by atoms with Crippen LogP contribution in [-0.2, 0) is 11.2 Å². The van der Waals surface area contributed by atoms with Gasteiger partial charge in [-0.1, -0.05) is 18.2 Å². The van der Waals surface area contributed by atoms with Gasteiger partial charge in [-0.05, 0) is 18.6 Å². The van der Waals surface area contributed by atoms with Gasteiger partial charge in [0.05, 0.1) is 18.3 Å². The lowest BCUT2D eigenvalue weighted by Gasteiger charge is -2.39. The predicted octanol–water partition coefficient (Wildman–Crippen LogP) is 3.27. The van der Waals surface area contributed by atoms with E-state index in [2.05, 4.69) is 9.97 Å². The third kappa shape index (κ3) is 2.76. The van der Waals surface area contributed by atoms with Crippen LogP contribution in [0.2, 0.25) is 0 Å². The maximum Gasteiger partial charge on any atom is 0.282 e. The second-order valence-corrected chi connectivity index (χ2v) is 6.47. The molecule has 4 rings (SSSR count). The van der Waals surface area contributed by atoms with Crippen LogP contribution >= 0.6 is 0 Å². The molecule has 1 aliphatic heterocycles. The summed E-state index contributed by atoms with van der Waals surface area (Å²) in [5.41, 5.74) is 1.15. The van der Waals surface area contributed by atoms with Crippen molar-refractivity contribution in [3.8, 4) is 0 Å². The zero-order valence-corrected chi connectivity index (χ0v) is 14.8. The van der Waals surface area contributed by atoms with Crippen LogP contribution in [0, 0.1) is 0 Å². The summed E-state index contributed by atoms with van der Waals surface area (Å²) >= 11 is 0. The molecule has 0 saturated carbocycles. The average molecular weight is 372 g/mol. The van der Waals surface area contributed by atoms with E-state index in [1.807, 2.05) is 31.2 Å². The van der Waals surface area contributed by atoms with Crippen molar-refractivity contribution in [1.82, 2.24) is 14.4 Å². The number of carbonyl (C=O) groups is 1. The number of benzene rings is 1. The summed E-state index contributed by atoms with van der Waals surface area (Å²) in [7, 11) is 1.59. The highest BCUT2D eigenvalue weighted by molar-refractivity contribution is 6.07. The molecule has 0 saturated heterocycles. The number of hydrogen-bond acceptors (Lipinski definition) is 4. The number of fused-ring (bicyclic) bond motifs is 2. The summed E-state index contributed by atoms with van der Waals surface area (Å²) in [6, 6.07) is 7.12. The number of halogens is 2. The molecule has 1 aromatic carbocycles. The molecule has 3 aromatic rings. The van der Waals surface area contributed by atoms with Gasteiger partial charge in [-0.2, -0.15) is 0 Å². The van der Waals surface area contributed by atoms with Crippen molar-refractivity contribution >= 4 is 17.2 Å². The predicted molar refractivity (Wildman–Crippen MR) is 95.2 cm³/mol. The smallest absolute Gasteiger partial charge is 0.282 e. The summed E-state index contributed by atoms with van der Waals surface area (Å²) in [5, 5.41) is 0. The average Bonchev–Trinajstić information content (AvgIpc) is 3.07. The Morgan fingerprint density at radius 3 is 2.85 bits per heavy atom. The van der Waals surface area contributed by atoms with E-state index in [0.717, 1.165) is 5.56 Å². The minimum atomic E-state index is -2.88. The van der Waals surface area contributed by atoms with Crippen molar-refractivity contribution in [2.75, 3.05) is 12.0 Å². The van der Waals surface area contributed by atoms with E-state index >= 15 is 0 Å². The van der Waals surface area contributed by atoms with Crippen LogP contribution < -0.4 is 4.90 Å². The number of aromatic nitrogens is 3. The number of anilines is 1. The summed E-state index contributed by atoms with van der Waals surface area (Å²) in [4.78, 5) is 22.8. The minimum Gasteiger partial charge on any atom is -0.379 e. The number of methoxy groups -OCH3 is 1. The first-order valence-electron chi connectivity index (χ1n) is 8.57. The standard InChI is InChI=1S/C19H18F2N4O2/c1-11-14(27-2)9-12-5-3-4-6-13(12)25(11)19(26)17-16(18(20)21)23-15-10-22-7-8-24(15)17/h3-8,10-11,14,18H,9H2,1-2H3. The van der Waals surface area contributed by atoms with Gasteiger partial charge in [0.25, 0.3) is 12.3 Å². The highest BCUT2D eigenvalue weighted by Crippen LogP contribution is 2.34. The van der Waals surface area contributed by atoms with Crippen molar-refractivity contribution in [3.05, 3.63) is 59.8 Å². The van der Waals surface area contributed by atoms with E-state index in [-0.39, 0.29) is 23.5 Å². The van der Waals surface area contributed by atoms with E-state index < -0.39 is 18.0 Å². The van der Waals surface area contributed by atoms with Gasteiger partial charge in [-0.3, -0.25) is 14.2 Å². The number of para-hydroxylation sites is 1. The second-order valence-electron chi connectivity index (χ2n) is 6.47. The Kier molecular flexibility index (Phi) is 4.35. The minimum absolute atomic E-state index is 0.152. The second kappa shape index (κ2) is 6.70. The number of alkyl halides is 2. The van der Waals surface area contributed by atoms with Crippen LogP contribution in [0.25, 0.3) is 5.65 Å². The Morgan fingerprint density at radius 2 is 2.11 bits per heavy atom. The van der Waals surface area contributed by atoms with Crippen molar-refractivity contribution < 1.29 is 18.3 Å². The van der Waals surface area contributed by atoms with Crippen LogP contribution in [0.15, 0.2) is 42.9 Å². The first-order valence-corrected chi connectivity index (χ1v) is 8.57. The Bertz CT molecular complexity index is 1000. The Morgan fingerprint density at radius 1 is 1.33 bits per heavy atom. The van der Waals surface area contributed by atoms with Crippen LogP contribution in [-0.4, -0.2) is 39.5 Å². The molecule has 8 heteroatoms. The third-order valence-electron chi connectivity index (χ3n) is 5.01. The Hall–Kier alpha value is -2.87. The molecule has 2 aromatic heterocycles. The molecule has 3 heterocycles. The molecule has 0 fully saturated rings. The maximum absolute atomic E-state index is 13.6. The molecule has 0 spiro atoms. The summed E-state index contributed by atoms with van der Waals surface area (Å²) < 4.78 is 34.2. The molecule has 6 nitrogen and oxygen atoms in total. The third-order valence-corrected chi connectivity index (χ3v) is 5.01. The zero-order chi connectivity index (χ0) is 19.1. The van der Waals surface area contributed by atoms with Crippen molar-refractivity contribution in [2.45, 2.75) is 31.9 Å². The van der Waals surface area contributed by atoms with E-state index in [1.165, 1.54) is 27.9 Å². The normalized spacial score (nSPS) is 19.5. The summed E-state index contributed by atoms with van der Waals surface area (Å²) in [6.07, 6.45) is 1.80. The van der Waals surface area contributed by atoms with Gasteiger partial charge in [-0.25, -0.2) is 13.8 Å². The number of amides is 1. The fourth-order valence-corrected chi connectivity index (χ4v) is 3.67. The SMILES string of the molecule is COC1Cc2ccccc2N(C(=O)c2c(C(F)F)nc3cnccn23)C1C. The first-order chi connectivity index (χ1) is 13.0. The maximum atomic E-state index is 13.6. The topological polar surface area (TPSA) is 59.7 Å². The molecule has 1 amide bonds. The number of nitrogens with zero attached hydrogens (tertiary/aromatic N) is 4. The first kappa shape index (κ1) is 17.5. The van der Waals surface area contributed by atoms with Gasteiger partial charge in [-0.15, -0.1) is 0 Å². The van der Waals surface area contributed by atoms with E-state index in [0.29, 0.717) is 12.1 Å². The fraction of sp³-hybridized carbons (Fsp3) is 0.316. The molecule has 0 aliphatic carbocycles. The lowest BCUT2D eigenvalue weighted by Crippen LogP contribution is -2.51. The molecule has 0 bridgehead atoms. The highest BCUT2D eigenvalue weighted by atomic mass is 19.3. The molecule has 2 unspecified atom stereocenters. The summed E-state index contributed by atoms with van der Waals surface area (Å²) in [6.45, 7) is 1.86. The summed E-state index contributed by atoms with van der Waals surface area (Å²) in [5.74, 6) is -0.536. The Labute approximate surface area is 154 Å². The van der Waals surface area contributed by atoms with Crippen LogP contribution in [0.1, 0.15) is 35.1 Å².